The highest BCUT2D eigenvalue weighted by Gasteiger charge is 2.18. The molecule has 0 amide bonds. The van der Waals surface area contributed by atoms with Gasteiger partial charge < -0.3 is 10.2 Å². The predicted octanol–water partition coefficient (Wildman–Crippen LogP) is 1.39. The molecule has 14 heavy (non-hydrogen) atoms. The SMILES string of the molecule is [N-]=[N+]=NC(CO)C(O)c1ccccc1. The van der Waals surface area contributed by atoms with E-state index in [1.54, 1.807) is 24.3 Å². The molecular formula is C9H11N3O2. The summed E-state index contributed by atoms with van der Waals surface area (Å²) in [6, 6.07) is 7.94. The molecule has 0 aromatic heterocycles. The summed E-state index contributed by atoms with van der Waals surface area (Å²) < 4.78 is 0. The Kier molecular flexibility index (Phi) is 3.94. The van der Waals surface area contributed by atoms with Gasteiger partial charge in [0, 0.05) is 4.91 Å². The highest BCUT2D eigenvalue weighted by Crippen LogP contribution is 2.18. The monoisotopic (exact) mass is 193 g/mol. The number of aliphatic hydroxyl groups is 2. The molecule has 0 aliphatic carbocycles. The average Bonchev–Trinajstić information content (AvgIpc) is 2.26. The number of hydrogen-bond acceptors (Lipinski definition) is 3. The molecule has 0 saturated heterocycles. The summed E-state index contributed by atoms with van der Waals surface area (Å²) in [6.45, 7) is -0.375. The van der Waals surface area contributed by atoms with Crippen LogP contribution in [0.15, 0.2) is 35.4 Å². The summed E-state index contributed by atoms with van der Waals surface area (Å²) in [5.74, 6) is 0. The van der Waals surface area contributed by atoms with E-state index >= 15 is 0 Å². The third kappa shape index (κ3) is 2.47. The van der Waals surface area contributed by atoms with Gasteiger partial charge in [-0.1, -0.05) is 35.4 Å². The van der Waals surface area contributed by atoms with Crippen LogP contribution in [0.25, 0.3) is 10.4 Å². The zero-order chi connectivity index (χ0) is 10.4. The van der Waals surface area contributed by atoms with Gasteiger partial charge in [0.1, 0.15) is 0 Å². The molecule has 5 nitrogen and oxygen atoms in total. The fraction of sp³-hybridized carbons (Fsp3) is 0.333. The lowest BCUT2D eigenvalue weighted by molar-refractivity contribution is 0.109. The first-order chi connectivity index (χ1) is 6.79. The molecule has 0 radical (unpaired) electrons. The Morgan fingerprint density at radius 3 is 2.50 bits per heavy atom. The largest absolute Gasteiger partial charge is 0.396 e. The summed E-state index contributed by atoms with van der Waals surface area (Å²) in [5.41, 5.74) is 8.82. The van der Waals surface area contributed by atoms with Crippen molar-refractivity contribution in [2.24, 2.45) is 5.11 Å². The lowest BCUT2D eigenvalue weighted by Crippen LogP contribution is -2.19. The smallest absolute Gasteiger partial charge is 0.0906 e. The van der Waals surface area contributed by atoms with Crippen molar-refractivity contribution in [3.63, 3.8) is 0 Å². The first-order valence-corrected chi connectivity index (χ1v) is 4.17. The van der Waals surface area contributed by atoms with E-state index in [-0.39, 0.29) is 6.61 Å². The zero-order valence-corrected chi connectivity index (χ0v) is 7.48. The van der Waals surface area contributed by atoms with Gasteiger partial charge in [-0.3, -0.25) is 0 Å². The molecule has 0 spiro atoms. The summed E-state index contributed by atoms with van der Waals surface area (Å²) in [7, 11) is 0. The van der Waals surface area contributed by atoms with Crippen LogP contribution in [0.5, 0.6) is 0 Å². The van der Waals surface area contributed by atoms with E-state index in [4.69, 9.17) is 10.6 Å². The van der Waals surface area contributed by atoms with E-state index in [1.807, 2.05) is 6.07 Å². The maximum Gasteiger partial charge on any atom is 0.0906 e. The van der Waals surface area contributed by atoms with Crippen LogP contribution in [0.2, 0.25) is 0 Å². The normalized spacial score (nSPS) is 14.1. The molecule has 1 rings (SSSR count). The zero-order valence-electron chi connectivity index (χ0n) is 7.48. The molecule has 0 fully saturated rings. The van der Waals surface area contributed by atoms with Crippen LogP contribution in [0.1, 0.15) is 11.7 Å². The minimum atomic E-state index is -0.961. The molecule has 1 aromatic rings. The fourth-order valence-corrected chi connectivity index (χ4v) is 1.14. The summed E-state index contributed by atoms with van der Waals surface area (Å²) in [5, 5.41) is 21.9. The summed E-state index contributed by atoms with van der Waals surface area (Å²) in [6.07, 6.45) is -0.961. The van der Waals surface area contributed by atoms with E-state index in [0.717, 1.165) is 0 Å². The second-order valence-corrected chi connectivity index (χ2v) is 2.81. The van der Waals surface area contributed by atoms with Crippen LogP contribution in [0.3, 0.4) is 0 Å². The molecule has 0 aliphatic heterocycles. The van der Waals surface area contributed by atoms with Crippen LogP contribution >= 0.6 is 0 Å². The van der Waals surface area contributed by atoms with Crippen LogP contribution < -0.4 is 0 Å². The van der Waals surface area contributed by atoms with Crippen molar-refractivity contribution >= 4 is 0 Å². The van der Waals surface area contributed by atoms with E-state index in [9.17, 15) is 5.11 Å². The molecule has 5 heteroatoms. The van der Waals surface area contributed by atoms with Crippen molar-refractivity contribution < 1.29 is 10.2 Å². The van der Waals surface area contributed by atoms with Gasteiger partial charge in [0.2, 0.25) is 0 Å². The Bertz CT molecular complexity index is 322. The molecule has 2 atom stereocenters. The molecular weight excluding hydrogens is 182 g/mol. The van der Waals surface area contributed by atoms with Crippen molar-refractivity contribution in [2.75, 3.05) is 6.61 Å². The van der Waals surface area contributed by atoms with Crippen molar-refractivity contribution in [1.82, 2.24) is 0 Å². The Morgan fingerprint density at radius 2 is 2.00 bits per heavy atom. The number of benzene rings is 1. The second-order valence-electron chi connectivity index (χ2n) is 2.81. The van der Waals surface area contributed by atoms with Gasteiger partial charge in [0.25, 0.3) is 0 Å². The Morgan fingerprint density at radius 1 is 1.36 bits per heavy atom. The van der Waals surface area contributed by atoms with Gasteiger partial charge in [0.15, 0.2) is 0 Å². The maximum atomic E-state index is 9.69. The molecule has 0 saturated carbocycles. The summed E-state index contributed by atoms with van der Waals surface area (Å²) in [4.78, 5) is 2.56. The van der Waals surface area contributed by atoms with Gasteiger partial charge in [-0.2, -0.15) is 0 Å². The number of nitrogens with zero attached hydrogens (tertiary/aromatic N) is 3. The topological polar surface area (TPSA) is 89.2 Å². The molecule has 2 N–H and O–H groups in total. The Hall–Kier alpha value is -1.55. The number of aliphatic hydroxyl groups excluding tert-OH is 2. The molecule has 0 bridgehead atoms. The van der Waals surface area contributed by atoms with Crippen molar-refractivity contribution in [2.45, 2.75) is 12.1 Å². The van der Waals surface area contributed by atoms with Crippen LogP contribution in [-0.4, -0.2) is 22.9 Å². The third-order valence-electron chi connectivity index (χ3n) is 1.89. The van der Waals surface area contributed by atoms with Crippen molar-refractivity contribution in [1.29, 1.82) is 0 Å². The van der Waals surface area contributed by atoms with E-state index in [1.165, 1.54) is 0 Å². The van der Waals surface area contributed by atoms with Crippen LogP contribution in [0.4, 0.5) is 0 Å². The molecule has 74 valence electrons. The van der Waals surface area contributed by atoms with E-state index in [2.05, 4.69) is 10.0 Å². The molecule has 1 aromatic carbocycles. The van der Waals surface area contributed by atoms with Crippen LogP contribution in [-0.2, 0) is 0 Å². The minimum absolute atomic E-state index is 0.375. The number of azide groups is 1. The quantitative estimate of drug-likeness (QED) is 0.430. The van der Waals surface area contributed by atoms with Gasteiger partial charge in [-0.25, -0.2) is 0 Å². The van der Waals surface area contributed by atoms with Crippen LogP contribution in [0, 0.1) is 0 Å². The van der Waals surface area contributed by atoms with Crippen molar-refractivity contribution in [3.05, 3.63) is 46.3 Å². The standard InChI is InChI=1S/C9H11N3O2/c10-12-11-8(6-13)9(14)7-4-2-1-3-5-7/h1-5,8-9,13-14H,6H2. The van der Waals surface area contributed by atoms with Gasteiger partial charge in [-0.15, -0.1) is 0 Å². The minimum Gasteiger partial charge on any atom is -0.396 e. The van der Waals surface area contributed by atoms with E-state index < -0.39 is 12.1 Å². The third-order valence-corrected chi connectivity index (χ3v) is 1.89. The molecule has 2 unspecified atom stereocenters. The van der Waals surface area contributed by atoms with E-state index in [0.29, 0.717) is 5.56 Å². The average molecular weight is 193 g/mol. The lowest BCUT2D eigenvalue weighted by Gasteiger charge is -2.15. The van der Waals surface area contributed by atoms with Gasteiger partial charge in [-0.05, 0) is 11.1 Å². The van der Waals surface area contributed by atoms with Gasteiger partial charge >= 0.3 is 0 Å². The number of rotatable bonds is 4. The molecule has 0 heterocycles. The predicted molar refractivity (Wildman–Crippen MR) is 51.4 cm³/mol. The first-order valence-electron chi connectivity index (χ1n) is 4.17. The van der Waals surface area contributed by atoms with Crippen molar-refractivity contribution in [3.8, 4) is 0 Å². The maximum absolute atomic E-state index is 9.69. The lowest BCUT2D eigenvalue weighted by atomic mass is 10.0. The fourth-order valence-electron chi connectivity index (χ4n) is 1.14. The Labute approximate surface area is 81.2 Å². The number of hydrogen-bond donors (Lipinski definition) is 2. The van der Waals surface area contributed by atoms with Gasteiger partial charge in [0.05, 0.1) is 18.8 Å². The molecule has 0 aliphatic rings. The second kappa shape index (κ2) is 5.24. The highest BCUT2D eigenvalue weighted by atomic mass is 16.3. The Balaban J connectivity index is 2.82. The summed E-state index contributed by atoms with van der Waals surface area (Å²) >= 11 is 0. The highest BCUT2D eigenvalue weighted by molar-refractivity contribution is 5.18. The first kappa shape index (κ1) is 10.5.